The molecule has 0 aliphatic carbocycles. The number of rotatable bonds is 16. The molecule has 0 amide bonds. The second-order valence-corrected chi connectivity index (χ2v) is 12.3. The number of aromatic hydroxyl groups is 1. The van der Waals surface area contributed by atoms with Crippen molar-refractivity contribution >= 4 is 0 Å². The Bertz CT molecular complexity index is 823. The second kappa shape index (κ2) is 15.4. The van der Waals surface area contributed by atoms with Crippen molar-refractivity contribution in [2.45, 2.75) is 148 Å². The van der Waals surface area contributed by atoms with Crippen molar-refractivity contribution in [1.82, 2.24) is 4.90 Å². The van der Waals surface area contributed by atoms with E-state index in [1.165, 1.54) is 95.5 Å². The van der Waals surface area contributed by atoms with Crippen LogP contribution < -0.4 is 4.74 Å². The third-order valence-corrected chi connectivity index (χ3v) is 9.15. The van der Waals surface area contributed by atoms with E-state index in [0.29, 0.717) is 12.4 Å². The maximum Gasteiger partial charge on any atom is 0.127 e. The lowest BCUT2D eigenvalue weighted by atomic mass is 9.82. The van der Waals surface area contributed by atoms with Crippen molar-refractivity contribution < 1.29 is 14.6 Å². The third-order valence-electron chi connectivity index (χ3n) is 9.15. The van der Waals surface area contributed by atoms with Crippen LogP contribution in [0.2, 0.25) is 0 Å². The van der Waals surface area contributed by atoms with Crippen molar-refractivity contribution in [3.05, 3.63) is 22.3 Å². The number of hydrogen-bond donors (Lipinski definition) is 1. The molecule has 1 saturated heterocycles. The number of unbranched alkanes of at least 4 members (excludes halogenated alkanes) is 13. The van der Waals surface area contributed by atoms with E-state index in [-0.39, 0.29) is 11.6 Å². The number of morpholine rings is 1. The molecule has 1 aromatic rings. The van der Waals surface area contributed by atoms with Gasteiger partial charge < -0.3 is 14.6 Å². The zero-order valence-corrected chi connectivity index (χ0v) is 24.9. The summed E-state index contributed by atoms with van der Waals surface area (Å²) in [7, 11) is 2.14. The molecular weight excluding hydrogens is 458 g/mol. The number of ether oxygens (including phenoxy) is 2. The number of fused-ring (bicyclic) bond motifs is 1. The molecule has 2 heterocycles. The minimum absolute atomic E-state index is 0.0977. The highest BCUT2D eigenvalue weighted by atomic mass is 16.5. The van der Waals surface area contributed by atoms with Crippen LogP contribution >= 0.6 is 0 Å². The van der Waals surface area contributed by atoms with Crippen LogP contribution in [0.5, 0.6) is 11.5 Å². The monoisotopic (exact) mass is 515 g/mol. The molecule has 3 rings (SSSR count). The molecule has 1 fully saturated rings. The second-order valence-electron chi connectivity index (χ2n) is 12.3. The van der Waals surface area contributed by atoms with Gasteiger partial charge >= 0.3 is 0 Å². The van der Waals surface area contributed by atoms with Gasteiger partial charge in [0.05, 0.1) is 19.3 Å². The molecule has 2 unspecified atom stereocenters. The first kappa shape index (κ1) is 30.3. The van der Waals surface area contributed by atoms with Gasteiger partial charge in [0.1, 0.15) is 17.1 Å². The van der Waals surface area contributed by atoms with Crippen LogP contribution in [-0.2, 0) is 11.2 Å². The molecule has 0 spiro atoms. The van der Waals surface area contributed by atoms with E-state index in [1.807, 2.05) is 6.92 Å². The van der Waals surface area contributed by atoms with E-state index in [2.05, 4.69) is 32.7 Å². The van der Waals surface area contributed by atoms with Crippen LogP contribution in [0.1, 0.15) is 145 Å². The average molecular weight is 516 g/mol. The van der Waals surface area contributed by atoms with E-state index in [0.717, 1.165) is 54.9 Å². The van der Waals surface area contributed by atoms with E-state index in [1.54, 1.807) is 0 Å². The van der Waals surface area contributed by atoms with E-state index < -0.39 is 0 Å². The zero-order chi connectivity index (χ0) is 26.7. The third kappa shape index (κ3) is 8.62. The van der Waals surface area contributed by atoms with Gasteiger partial charge in [-0.3, -0.25) is 4.90 Å². The Morgan fingerprint density at radius 3 is 2.00 bits per heavy atom. The van der Waals surface area contributed by atoms with Crippen LogP contribution in [0, 0.1) is 13.8 Å². The van der Waals surface area contributed by atoms with Crippen molar-refractivity contribution in [3.63, 3.8) is 0 Å². The summed E-state index contributed by atoms with van der Waals surface area (Å²) < 4.78 is 12.6. The normalized spacial score (nSPS) is 22.1. The van der Waals surface area contributed by atoms with E-state index >= 15 is 0 Å². The fraction of sp³-hybridized carbons (Fsp3) is 0.818. The zero-order valence-electron chi connectivity index (χ0n) is 24.9. The van der Waals surface area contributed by atoms with Gasteiger partial charge in [-0.1, -0.05) is 90.4 Å². The predicted octanol–water partition coefficient (Wildman–Crippen LogP) is 8.97. The lowest BCUT2D eigenvalue weighted by Crippen LogP contribution is -2.40. The minimum atomic E-state index is -0.107. The molecule has 2 aliphatic rings. The highest BCUT2D eigenvalue weighted by Gasteiger charge is 2.37. The first-order valence-corrected chi connectivity index (χ1v) is 15.7. The molecule has 4 nitrogen and oxygen atoms in total. The highest BCUT2D eigenvalue weighted by Crippen LogP contribution is 2.48. The van der Waals surface area contributed by atoms with Crippen molar-refractivity contribution in [2.24, 2.45) is 0 Å². The number of phenolic OH excluding ortho intramolecular Hbond substituents is 1. The molecule has 1 N–H and O–H groups in total. The summed E-state index contributed by atoms with van der Waals surface area (Å²) in [4.78, 5) is 2.32. The molecule has 0 radical (unpaired) electrons. The van der Waals surface area contributed by atoms with Crippen molar-refractivity contribution in [1.29, 1.82) is 0 Å². The number of phenols is 1. The molecule has 212 valence electrons. The summed E-state index contributed by atoms with van der Waals surface area (Å²) >= 11 is 0. The Hall–Kier alpha value is -1.26. The van der Waals surface area contributed by atoms with Gasteiger partial charge in [-0.15, -0.1) is 0 Å². The number of benzene rings is 1. The Balaban J connectivity index is 1.40. The van der Waals surface area contributed by atoms with Gasteiger partial charge in [0.15, 0.2) is 0 Å². The van der Waals surface area contributed by atoms with E-state index in [9.17, 15) is 5.11 Å². The summed E-state index contributed by atoms with van der Waals surface area (Å²) in [5, 5.41) is 11.1. The van der Waals surface area contributed by atoms with Crippen LogP contribution in [-0.4, -0.2) is 42.4 Å². The number of likely N-dealkylation sites (N-methyl/N-ethyl adjacent to an activating group) is 1. The summed E-state index contributed by atoms with van der Waals surface area (Å²) in [6, 6.07) is 0.0977. The standard InChI is InChI=1S/C33H57NO3/c1-6-7-8-9-10-11-12-13-14-15-16-17-18-19-21-33(4)22-20-28-30(29-25-36-24-23-34(29)5)31(35)26(2)27(3)32(28)37-33/h29,35H,6-25H2,1-5H3. The van der Waals surface area contributed by atoms with Gasteiger partial charge in [-0.2, -0.15) is 0 Å². The molecular formula is C33H57NO3. The highest BCUT2D eigenvalue weighted by molar-refractivity contribution is 5.60. The number of nitrogens with zero attached hydrogens (tertiary/aromatic N) is 1. The molecule has 37 heavy (non-hydrogen) atoms. The fourth-order valence-corrected chi connectivity index (χ4v) is 6.33. The van der Waals surface area contributed by atoms with Gasteiger partial charge in [-0.25, -0.2) is 0 Å². The summed E-state index contributed by atoms with van der Waals surface area (Å²) in [5.74, 6) is 1.47. The van der Waals surface area contributed by atoms with Crippen LogP contribution in [0.15, 0.2) is 0 Å². The van der Waals surface area contributed by atoms with E-state index in [4.69, 9.17) is 9.47 Å². The van der Waals surface area contributed by atoms with Gasteiger partial charge in [-0.05, 0) is 64.6 Å². The number of hydrogen-bond acceptors (Lipinski definition) is 4. The topological polar surface area (TPSA) is 41.9 Å². The van der Waals surface area contributed by atoms with Gasteiger partial charge in [0.2, 0.25) is 0 Å². The minimum Gasteiger partial charge on any atom is -0.507 e. The first-order chi connectivity index (χ1) is 17.9. The maximum absolute atomic E-state index is 11.1. The summed E-state index contributed by atoms with van der Waals surface area (Å²) in [6.45, 7) is 11.0. The van der Waals surface area contributed by atoms with Gasteiger partial charge in [0, 0.05) is 17.7 Å². The Morgan fingerprint density at radius 2 is 1.43 bits per heavy atom. The van der Waals surface area contributed by atoms with Crippen molar-refractivity contribution in [3.8, 4) is 11.5 Å². The summed E-state index contributed by atoms with van der Waals surface area (Å²) in [6.07, 6.45) is 22.6. The SMILES string of the molecule is CCCCCCCCCCCCCCCCC1(C)CCc2c(c(C)c(C)c(O)c2C2COCCN2C)O1. The van der Waals surface area contributed by atoms with Crippen LogP contribution in [0.4, 0.5) is 0 Å². The quantitative estimate of drug-likeness (QED) is 0.223. The Kier molecular flexibility index (Phi) is 12.6. The molecule has 0 bridgehead atoms. The Morgan fingerprint density at radius 1 is 0.865 bits per heavy atom. The first-order valence-electron chi connectivity index (χ1n) is 15.7. The molecule has 0 saturated carbocycles. The predicted molar refractivity (Wildman–Crippen MR) is 156 cm³/mol. The maximum atomic E-state index is 11.1. The largest absolute Gasteiger partial charge is 0.507 e. The lowest BCUT2D eigenvalue weighted by Gasteiger charge is -2.41. The molecule has 4 heteroatoms. The average Bonchev–Trinajstić information content (AvgIpc) is 2.89. The fourth-order valence-electron chi connectivity index (χ4n) is 6.33. The molecule has 2 aliphatic heterocycles. The molecule has 2 atom stereocenters. The summed E-state index contributed by atoms with van der Waals surface area (Å²) in [5.41, 5.74) is 4.20. The smallest absolute Gasteiger partial charge is 0.127 e. The van der Waals surface area contributed by atoms with Crippen LogP contribution in [0.3, 0.4) is 0 Å². The Labute approximate surface area is 228 Å². The van der Waals surface area contributed by atoms with Gasteiger partial charge in [0.25, 0.3) is 0 Å². The van der Waals surface area contributed by atoms with Crippen LogP contribution in [0.25, 0.3) is 0 Å². The van der Waals surface area contributed by atoms with Crippen molar-refractivity contribution in [2.75, 3.05) is 26.8 Å². The molecule has 0 aromatic heterocycles. The molecule has 1 aromatic carbocycles. The lowest BCUT2D eigenvalue weighted by molar-refractivity contribution is 0.00255.